The Bertz CT molecular complexity index is 4720. The topological polar surface area (TPSA) is 123 Å². The average molecular weight is 1590 g/mol. The predicted molar refractivity (Wildman–Crippen MR) is 423 cm³/mol. The van der Waals surface area contributed by atoms with Crippen molar-refractivity contribution in [2.24, 2.45) is 0 Å². The first-order chi connectivity index (χ1) is 55.1. The summed E-state index contributed by atoms with van der Waals surface area (Å²) in [5, 5.41) is 7.52. The Kier molecular flexibility index (Phi) is 29.2. The van der Waals surface area contributed by atoms with Crippen LogP contribution < -0.4 is 20.9 Å². The van der Waals surface area contributed by atoms with E-state index in [1.165, 1.54) is 22.3 Å². The summed E-state index contributed by atoms with van der Waals surface area (Å²) in [4.78, 5) is 58.1. The van der Waals surface area contributed by atoms with Crippen molar-refractivity contribution in [2.45, 2.75) is 121 Å². The number of carbonyl (C=O) groups excluding carboxylic acids is 3. The molecule has 1 aromatic heterocycles. The van der Waals surface area contributed by atoms with Crippen LogP contribution in [-0.4, -0.2) is 124 Å². The van der Waals surface area contributed by atoms with E-state index in [4.69, 9.17) is 0 Å². The fourth-order valence-electron chi connectivity index (χ4n) is 14.4. The van der Waals surface area contributed by atoms with Gasteiger partial charge in [-0.15, -0.1) is 0 Å². The van der Waals surface area contributed by atoms with Crippen LogP contribution in [0, 0.1) is 17.5 Å². The third kappa shape index (κ3) is 25.9. The molecule has 604 valence electrons. The lowest BCUT2D eigenvalue weighted by atomic mass is 10.0. The number of likely N-dealkylation sites (tertiary alicyclic amines) is 3. The van der Waals surface area contributed by atoms with Gasteiger partial charge in [0.15, 0.2) is 0 Å². The van der Waals surface area contributed by atoms with Crippen molar-refractivity contribution in [3.05, 3.63) is 328 Å². The number of rotatable bonds is 21. The molecular weight excluding hydrogens is 1500 g/mol. The van der Waals surface area contributed by atoms with Crippen molar-refractivity contribution in [1.82, 2.24) is 34.4 Å². The molecule has 0 aliphatic carbocycles. The summed E-state index contributed by atoms with van der Waals surface area (Å²) in [5.41, 5.74) is 5.79. The minimum absolute atomic E-state index is 0.113. The van der Waals surface area contributed by atoms with E-state index >= 15 is 0 Å². The minimum atomic E-state index is -4.72. The number of alkyl halides is 9. The maximum absolute atomic E-state index is 14.0. The first kappa shape index (κ1) is 84.7. The number of hydrogen-bond donors (Lipinski definition) is 3. The third-order valence-corrected chi connectivity index (χ3v) is 20.5. The molecule has 115 heavy (non-hydrogen) atoms. The molecule has 3 aliphatic rings. The lowest BCUT2D eigenvalue weighted by Crippen LogP contribution is -2.48. The van der Waals surface area contributed by atoms with E-state index < -0.39 is 70.8 Å². The summed E-state index contributed by atoms with van der Waals surface area (Å²) in [6.45, 7) is 7.85. The summed E-state index contributed by atoms with van der Waals surface area (Å²) in [6.07, 6.45) is -5.44. The van der Waals surface area contributed by atoms with Crippen LogP contribution in [0.15, 0.2) is 249 Å². The molecule has 13 rings (SSSR count). The standard InChI is InChI=1S/C34H33F4N3O.C29H32F4N4O.C26H26F4N4O/c35-30-20-29(34(36,37)38)21-31(22-30)39-33(42)41(24-27-9-5-2-6-10-27)32-15-17-40(18-16-32)23-28-13-11-26(12-14-28)19-25-7-3-1-4-8-25;1-35(2)26-10-8-22(9-11-26)19-36-14-12-27(13-15-36)37(20-21-6-4-3-5-7-21)28(38)34-25-17-23(29(31,32)33)16-24(30)18-25;27-22-13-21(26(28,29)30)14-23(15-22)32-25(35)34(18-19-5-2-1-3-6-19)24-8-11-33(12-9-24)17-20-7-4-10-31-16-20/h1-14,20-22,32H,15-19,23-24H2,(H,39,42);3-11,16-18,27H,12-15,19-20H2,1-2H3,(H,34,38);1-7,10,13-16,24H,8-9,11-12,17-18H2,(H,32,35). The summed E-state index contributed by atoms with van der Waals surface area (Å²) >= 11 is 0. The Balaban J connectivity index is 0.000000171. The second-order valence-electron chi connectivity index (χ2n) is 29.2. The van der Waals surface area contributed by atoms with Gasteiger partial charge in [-0.05, 0) is 162 Å². The largest absolute Gasteiger partial charge is 0.416 e. The Morgan fingerprint density at radius 2 is 0.635 bits per heavy atom. The number of benzene rings is 9. The molecule has 3 fully saturated rings. The monoisotopic (exact) mass is 1590 g/mol. The summed E-state index contributed by atoms with van der Waals surface area (Å²) in [7, 11) is 4.00. The number of nitrogens with zero attached hydrogens (tertiary/aromatic N) is 8. The number of nitrogens with one attached hydrogen (secondary N) is 3. The molecule has 0 atom stereocenters. The number of anilines is 4. The second-order valence-corrected chi connectivity index (χ2v) is 29.2. The van der Waals surface area contributed by atoms with Gasteiger partial charge in [-0.1, -0.05) is 164 Å². The molecule has 0 saturated carbocycles. The van der Waals surface area contributed by atoms with E-state index in [9.17, 15) is 67.1 Å². The average Bonchev–Trinajstić information content (AvgIpc) is 0.826. The molecule has 4 heterocycles. The molecule has 9 aromatic carbocycles. The van der Waals surface area contributed by atoms with Crippen LogP contribution in [0.25, 0.3) is 0 Å². The van der Waals surface area contributed by atoms with Crippen molar-refractivity contribution in [2.75, 3.05) is 74.2 Å². The molecular formula is C89H91F12N11O3. The van der Waals surface area contributed by atoms with Gasteiger partial charge < -0.3 is 35.6 Å². The van der Waals surface area contributed by atoms with Gasteiger partial charge in [0.2, 0.25) is 0 Å². The van der Waals surface area contributed by atoms with E-state index in [1.54, 1.807) is 20.9 Å². The molecule has 3 saturated heterocycles. The van der Waals surface area contributed by atoms with Gasteiger partial charge in [0.25, 0.3) is 0 Å². The Morgan fingerprint density at radius 1 is 0.357 bits per heavy atom. The van der Waals surface area contributed by atoms with Crippen LogP contribution in [0.2, 0.25) is 0 Å². The maximum atomic E-state index is 14.0. The molecule has 3 N–H and O–H groups in total. The summed E-state index contributed by atoms with van der Waals surface area (Å²) < 4.78 is 160. The Labute approximate surface area is 662 Å². The highest BCUT2D eigenvalue weighted by Crippen LogP contribution is 2.36. The Morgan fingerprint density at radius 3 is 0.930 bits per heavy atom. The molecule has 0 radical (unpaired) electrons. The lowest BCUT2D eigenvalue weighted by molar-refractivity contribution is -0.138. The highest BCUT2D eigenvalue weighted by molar-refractivity contribution is 5.91. The van der Waals surface area contributed by atoms with Crippen LogP contribution in [0.1, 0.15) is 99.7 Å². The van der Waals surface area contributed by atoms with E-state index in [-0.39, 0.29) is 35.2 Å². The molecule has 14 nitrogen and oxygen atoms in total. The van der Waals surface area contributed by atoms with Crippen molar-refractivity contribution < 1.29 is 67.1 Å². The molecule has 26 heteroatoms. The van der Waals surface area contributed by atoms with Gasteiger partial charge in [-0.25, -0.2) is 27.6 Å². The Hall–Kier alpha value is -11.2. The smallest absolute Gasteiger partial charge is 0.378 e. The summed E-state index contributed by atoms with van der Waals surface area (Å²) in [5.74, 6) is -3.18. The normalized spacial score (nSPS) is 14.8. The van der Waals surface area contributed by atoms with Crippen LogP contribution in [0.5, 0.6) is 0 Å². The van der Waals surface area contributed by atoms with Gasteiger partial charge in [0.05, 0.1) is 16.7 Å². The highest BCUT2D eigenvalue weighted by Gasteiger charge is 2.37. The fourth-order valence-corrected chi connectivity index (χ4v) is 14.4. The number of piperidine rings is 3. The molecule has 6 amide bonds. The van der Waals surface area contributed by atoms with Gasteiger partial charge in [0.1, 0.15) is 17.5 Å². The molecule has 3 aliphatic heterocycles. The quantitative estimate of drug-likeness (QED) is 0.0608. The number of carbonyl (C=O) groups is 3. The second kappa shape index (κ2) is 39.7. The van der Waals surface area contributed by atoms with Crippen LogP contribution in [0.4, 0.5) is 89.8 Å². The number of amides is 6. The molecule has 0 bridgehead atoms. The van der Waals surface area contributed by atoms with E-state index in [1.807, 2.05) is 142 Å². The van der Waals surface area contributed by atoms with Crippen molar-refractivity contribution in [1.29, 1.82) is 0 Å². The molecule has 10 aromatic rings. The summed E-state index contributed by atoms with van der Waals surface area (Å²) in [6, 6.07) is 63.8. The number of aromatic nitrogens is 1. The van der Waals surface area contributed by atoms with Gasteiger partial charge in [-0.2, -0.15) is 39.5 Å². The van der Waals surface area contributed by atoms with Gasteiger partial charge >= 0.3 is 36.6 Å². The minimum Gasteiger partial charge on any atom is -0.378 e. The molecule has 0 spiro atoms. The third-order valence-electron chi connectivity index (χ3n) is 20.5. The first-order valence-corrected chi connectivity index (χ1v) is 38.0. The van der Waals surface area contributed by atoms with Gasteiger partial charge in [0, 0.05) is 146 Å². The predicted octanol–water partition coefficient (Wildman–Crippen LogP) is 20.7. The van der Waals surface area contributed by atoms with E-state index in [0.29, 0.717) is 76.4 Å². The maximum Gasteiger partial charge on any atom is 0.416 e. The van der Waals surface area contributed by atoms with E-state index in [2.05, 4.69) is 101 Å². The number of pyridine rings is 1. The first-order valence-electron chi connectivity index (χ1n) is 38.0. The van der Waals surface area contributed by atoms with Gasteiger partial charge in [-0.3, -0.25) is 19.7 Å². The zero-order chi connectivity index (χ0) is 81.7. The number of urea groups is 3. The molecule has 0 unspecified atom stereocenters. The van der Waals surface area contributed by atoms with Crippen molar-refractivity contribution in [3.8, 4) is 0 Å². The fraction of sp³-hybridized carbons (Fsp3) is 0.303. The lowest BCUT2D eigenvalue weighted by Gasteiger charge is -2.38. The number of hydrogen-bond acceptors (Lipinski definition) is 8. The number of halogens is 12. The van der Waals surface area contributed by atoms with Crippen LogP contribution in [-0.2, 0) is 64.2 Å². The highest BCUT2D eigenvalue weighted by atomic mass is 19.4. The van der Waals surface area contributed by atoms with E-state index in [0.717, 1.165) is 130 Å². The zero-order valence-corrected chi connectivity index (χ0v) is 63.7. The van der Waals surface area contributed by atoms with Crippen molar-refractivity contribution in [3.63, 3.8) is 0 Å². The van der Waals surface area contributed by atoms with Crippen molar-refractivity contribution >= 4 is 40.8 Å². The van der Waals surface area contributed by atoms with Crippen LogP contribution in [0.3, 0.4) is 0 Å². The zero-order valence-electron chi connectivity index (χ0n) is 63.7. The van der Waals surface area contributed by atoms with Crippen LogP contribution >= 0.6 is 0 Å². The SMILES string of the molecule is CN(C)c1ccc(CN2CCC(N(Cc3ccccc3)C(=O)Nc3cc(F)cc(C(F)(F)F)c3)CC2)cc1.O=C(Nc1cc(F)cc(C(F)(F)F)c1)N(Cc1ccccc1)C1CCN(Cc2ccc(Cc3ccccc3)cc2)CC1.O=C(Nc1cc(F)cc(C(F)(F)F)c1)N(Cc1ccccc1)C1CCN(Cc2cccnc2)CC1.